The Bertz CT molecular complexity index is 1130. The molecule has 7 nitrogen and oxygen atoms in total. The van der Waals surface area contributed by atoms with Crippen molar-refractivity contribution in [2.45, 2.75) is 66.6 Å². The third-order valence-electron chi connectivity index (χ3n) is 6.29. The molecule has 2 aromatic heterocycles. The minimum Gasteiger partial charge on any atom is -0.342 e. The number of aromatic nitrogens is 4. The summed E-state index contributed by atoms with van der Waals surface area (Å²) in [6.07, 6.45) is 1.64. The van der Waals surface area contributed by atoms with Gasteiger partial charge >= 0.3 is 0 Å². The van der Waals surface area contributed by atoms with Gasteiger partial charge in [0.15, 0.2) is 5.82 Å². The second kappa shape index (κ2) is 10.5. The van der Waals surface area contributed by atoms with Crippen LogP contribution >= 0.6 is 0 Å². The van der Waals surface area contributed by atoms with E-state index in [9.17, 15) is 4.79 Å². The zero-order chi connectivity index (χ0) is 24.2. The second-order valence-electron chi connectivity index (χ2n) is 9.95. The average Bonchev–Trinajstić information content (AvgIpc) is 3.06. The molecule has 4 rings (SSSR count). The van der Waals surface area contributed by atoms with Gasteiger partial charge in [-0.15, -0.1) is 10.2 Å². The molecular weight excluding hydrogens is 424 g/mol. The van der Waals surface area contributed by atoms with Crippen LogP contribution in [0.15, 0.2) is 36.4 Å². The summed E-state index contributed by atoms with van der Waals surface area (Å²) in [5.74, 6) is 2.20. The van der Waals surface area contributed by atoms with Gasteiger partial charge in [-0.2, -0.15) is 0 Å². The summed E-state index contributed by atoms with van der Waals surface area (Å²) in [7, 11) is 0. The van der Waals surface area contributed by atoms with E-state index in [0.717, 1.165) is 73.2 Å². The van der Waals surface area contributed by atoms with Gasteiger partial charge < -0.3 is 9.88 Å². The molecule has 7 heteroatoms. The van der Waals surface area contributed by atoms with Gasteiger partial charge in [-0.25, -0.2) is 0 Å². The predicted octanol–water partition coefficient (Wildman–Crippen LogP) is 4.17. The van der Waals surface area contributed by atoms with Crippen molar-refractivity contribution in [1.29, 1.82) is 0 Å². The van der Waals surface area contributed by atoms with E-state index in [4.69, 9.17) is 0 Å². The molecule has 0 fully saturated rings. The Morgan fingerprint density at radius 1 is 1.03 bits per heavy atom. The maximum absolute atomic E-state index is 13.2. The van der Waals surface area contributed by atoms with Crippen LogP contribution in [-0.4, -0.2) is 43.6 Å². The largest absolute Gasteiger partial charge is 0.342 e. The molecule has 0 saturated heterocycles. The minimum absolute atomic E-state index is 0.0597. The number of fused-ring (bicyclic) bond motifs is 1. The highest BCUT2D eigenvalue weighted by molar-refractivity contribution is 5.94. The molecule has 1 aromatic carbocycles. The number of nitrogens with zero attached hydrogens (tertiary/aromatic N) is 5. The van der Waals surface area contributed by atoms with Crippen molar-refractivity contribution in [3.63, 3.8) is 0 Å². The highest BCUT2D eigenvalue weighted by atomic mass is 16.1. The fraction of sp³-hybridized carbons (Fsp3) is 0.481. The maximum atomic E-state index is 13.2. The normalized spacial score (nSPS) is 15.1. The summed E-state index contributed by atoms with van der Waals surface area (Å²) in [4.78, 5) is 20.3. The minimum atomic E-state index is -0.181. The molecule has 0 spiro atoms. The average molecular weight is 461 g/mol. The van der Waals surface area contributed by atoms with Crippen molar-refractivity contribution >= 4 is 5.91 Å². The van der Waals surface area contributed by atoms with E-state index in [1.807, 2.05) is 39.0 Å². The topological polar surface area (TPSA) is 75.9 Å². The quantitative estimate of drug-likeness (QED) is 0.573. The third-order valence-corrected chi connectivity index (χ3v) is 6.29. The third kappa shape index (κ3) is 5.89. The van der Waals surface area contributed by atoms with Crippen LogP contribution in [0.25, 0.3) is 0 Å². The molecule has 0 bridgehead atoms. The lowest BCUT2D eigenvalue weighted by Crippen LogP contribution is -2.32. The van der Waals surface area contributed by atoms with Crippen molar-refractivity contribution in [3.05, 3.63) is 76.1 Å². The van der Waals surface area contributed by atoms with Crippen LogP contribution in [0.5, 0.6) is 0 Å². The first-order valence-corrected chi connectivity index (χ1v) is 12.2. The van der Waals surface area contributed by atoms with Crippen LogP contribution in [0.1, 0.15) is 70.8 Å². The summed E-state index contributed by atoms with van der Waals surface area (Å²) < 4.78 is 2.22. The molecule has 1 N–H and O–H groups in total. The summed E-state index contributed by atoms with van der Waals surface area (Å²) in [6.45, 7) is 13.9. The number of carbonyl (C=O) groups excluding carboxylic acids is 1. The lowest BCUT2D eigenvalue weighted by Gasteiger charge is -2.22. The SMILES string of the molecule is Cc1cc(C)cc(C(=O)N[C@H](CC(C)C)c2nnc3n2CCN(Cc2cccc(C)n2)CC3)c1. The van der Waals surface area contributed by atoms with E-state index < -0.39 is 0 Å². The Morgan fingerprint density at radius 2 is 1.79 bits per heavy atom. The van der Waals surface area contributed by atoms with Crippen LogP contribution in [0.2, 0.25) is 0 Å². The van der Waals surface area contributed by atoms with Crippen LogP contribution in [0.4, 0.5) is 0 Å². The fourth-order valence-corrected chi connectivity index (χ4v) is 4.77. The van der Waals surface area contributed by atoms with Gasteiger partial charge in [-0.1, -0.05) is 37.1 Å². The zero-order valence-corrected chi connectivity index (χ0v) is 21.0. The molecule has 1 aliphatic heterocycles. The Balaban J connectivity index is 1.51. The molecule has 0 saturated carbocycles. The molecule has 1 amide bonds. The summed E-state index contributed by atoms with van der Waals surface area (Å²) in [6, 6.07) is 12.0. The molecule has 1 aliphatic rings. The zero-order valence-electron chi connectivity index (χ0n) is 21.0. The molecule has 0 aliphatic carbocycles. The van der Waals surface area contributed by atoms with E-state index in [1.54, 1.807) is 0 Å². The van der Waals surface area contributed by atoms with Crippen molar-refractivity contribution in [3.8, 4) is 0 Å². The van der Waals surface area contributed by atoms with Crippen LogP contribution in [-0.2, 0) is 19.5 Å². The molecule has 3 aromatic rings. The number of carbonyl (C=O) groups is 1. The Morgan fingerprint density at radius 3 is 2.50 bits per heavy atom. The monoisotopic (exact) mass is 460 g/mol. The molecule has 0 unspecified atom stereocenters. The number of hydrogen-bond donors (Lipinski definition) is 1. The van der Waals surface area contributed by atoms with Gasteiger partial charge in [0.25, 0.3) is 5.91 Å². The molecular formula is C27H36N6O. The van der Waals surface area contributed by atoms with Gasteiger partial charge in [0.05, 0.1) is 11.7 Å². The summed E-state index contributed by atoms with van der Waals surface area (Å²) in [5, 5.41) is 12.4. The van der Waals surface area contributed by atoms with Crippen molar-refractivity contribution in [1.82, 2.24) is 30.0 Å². The van der Waals surface area contributed by atoms with E-state index in [1.165, 1.54) is 0 Å². The van der Waals surface area contributed by atoms with Gasteiger partial charge in [-0.05, 0) is 57.4 Å². The maximum Gasteiger partial charge on any atom is 0.251 e. The van der Waals surface area contributed by atoms with E-state index >= 15 is 0 Å². The summed E-state index contributed by atoms with van der Waals surface area (Å²) in [5.41, 5.74) is 5.01. The number of pyridine rings is 1. The lowest BCUT2D eigenvalue weighted by molar-refractivity contribution is 0.0928. The van der Waals surface area contributed by atoms with Gasteiger partial charge in [0, 0.05) is 43.9 Å². The van der Waals surface area contributed by atoms with Crippen LogP contribution < -0.4 is 5.32 Å². The van der Waals surface area contributed by atoms with Crippen LogP contribution in [0.3, 0.4) is 0 Å². The first-order chi connectivity index (χ1) is 16.3. The number of aryl methyl sites for hydroxylation is 3. The first kappa shape index (κ1) is 24.1. The first-order valence-electron chi connectivity index (χ1n) is 12.2. The number of amides is 1. The van der Waals surface area contributed by atoms with E-state index in [-0.39, 0.29) is 11.9 Å². The number of benzene rings is 1. The molecule has 1 atom stereocenters. The van der Waals surface area contributed by atoms with Crippen LogP contribution in [0, 0.1) is 26.7 Å². The Labute approximate surface area is 202 Å². The van der Waals surface area contributed by atoms with Gasteiger partial charge in [0.2, 0.25) is 0 Å². The van der Waals surface area contributed by atoms with Crippen molar-refractivity contribution in [2.24, 2.45) is 5.92 Å². The smallest absolute Gasteiger partial charge is 0.251 e. The molecule has 180 valence electrons. The van der Waals surface area contributed by atoms with Crippen molar-refractivity contribution < 1.29 is 4.79 Å². The predicted molar refractivity (Wildman–Crippen MR) is 134 cm³/mol. The molecule has 34 heavy (non-hydrogen) atoms. The van der Waals surface area contributed by atoms with Crippen molar-refractivity contribution in [2.75, 3.05) is 13.1 Å². The highest BCUT2D eigenvalue weighted by Gasteiger charge is 2.26. The van der Waals surface area contributed by atoms with Gasteiger partial charge in [-0.3, -0.25) is 14.7 Å². The Kier molecular flexibility index (Phi) is 7.41. The van der Waals surface area contributed by atoms with E-state index in [2.05, 4.69) is 62.0 Å². The van der Waals surface area contributed by atoms with E-state index in [0.29, 0.717) is 11.5 Å². The molecule has 3 heterocycles. The number of nitrogens with one attached hydrogen (secondary N) is 1. The fourth-order valence-electron chi connectivity index (χ4n) is 4.77. The summed E-state index contributed by atoms with van der Waals surface area (Å²) >= 11 is 0. The molecule has 0 radical (unpaired) electrons. The second-order valence-corrected chi connectivity index (χ2v) is 9.95. The number of rotatable bonds is 7. The van der Waals surface area contributed by atoms with Gasteiger partial charge in [0.1, 0.15) is 5.82 Å². The number of hydrogen-bond acceptors (Lipinski definition) is 5. The highest BCUT2D eigenvalue weighted by Crippen LogP contribution is 2.23. The Hall–Kier alpha value is -3.06. The standard InChI is InChI=1S/C27H36N6O/c1-18(2)13-24(29-27(34)22-15-19(3)14-20(4)16-22)26-31-30-25-9-10-32(11-12-33(25)26)17-23-8-6-7-21(5)28-23/h6-8,14-16,18,24H,9-13,17H2,1-5H3,(H,29,34)/t24-/m1/s1. The lowest BCUT2D eigenvalue weighted by atomic mass is 10.0.